The van der Waals surface area contributed by atoms with Crippen LogP contribution in [0.1, 0.15) is 21.9 Å². The van der Waals surface area contributed by atoms with Crippen LogP contribution < -0.4 is 10.2 Å². The first-order valence-corrected chi connectivity index (χ1v) is 9.33. The molecule has 3 aromatic rings. The molecule has 0 aliphatic carbocycles. The molecule has 0 bridgehead atoms. The Labute approximate surface area is 159 Å². The van der Waals surface area contributed by atoms with Gasteiger partial charge < -0.3 is 14.6 Å². The molecule has 0 saturated heterocycles. The topological polar surface area (TPSA) is 88.3 Å². The van der Waals surface area contributed by atoms with Gasteiger partial charge in [-0.25, -0.2) is 4.98 Å². The fourth-order valence-electron chi connectivity index (χ4n) is 2.73. The van der Waals surface area contributed by atoms with Crippen molar-refractivity contribution in [3.8, 4) is 0 Å². The van der Waals surface area contributed by atoms with E-state index in [1.807, 2.05) is 30.3 Å². The van der Waals surface area contributed by atoms with Gasteiger partial charge in [0.05, 0.1) is 11.4 Å². The number of amides is 2. The summed E-state index contributed by atoms with van der Waals surface area (Å²) in [5, 5.41) is 2.77. The lowest BCUT2D eigenvalue weighted by molar-refractivity contribution is -0.116. The predicted molar refractivity (Wildman–Crippen MR) is 100 cm³/mol. The molecule has 0 spiro atoms. The lowest BCUT2D eigenvalue weighted by Gasteiger charge is -2.27. The van der Waals surface area contributed by atoms with Crippen LogP contribution in [0.2, 0.25) is 0 Å². The molecule has 1 aliphatic heterocycles. The lowest BCUT2D eigenvalue weighted by Crippen LogP contribution is -2.34. The maximum Gasteiger partial charge on any atom is 0.273 e. The highest BCUT2D eigenvalue weighted by Crippen LogP contribution is 2.35. The minimum absolute atomic E-state index is 0.0144. The van der Waals surface area contributed by atoms with Crippen LogP contribution in [0.3, 0.4) is 0 Å². The van der Waals surface area contributed by atoms with E-state index in [4.69, 9.17) is 4.42 Å². The molecule has 0 atom stereocenters. The number of anilines is 1. The first kappa shape index (κ1) is 17.3. The van der Waals surface area contributed by atoms with Crippen LogP contribution in [0, 0.1) is 0 Å². The predicted octanol–water partition coefficient (Wildman–Crippen LogP) is 2.64. The number of rotatable bonds is 5. The summed E-state index contributed by atoms with van der Waals surface area (Å²) < 4.78 is 5.42. The van der Waals surface area contributed by atoms with E-state index in [1.54, 1.807) is 23.4 Å². The third-order valence-electron chi connectivity index (χ3n) is 4.06. The van der Waals surface area contributed by atoms with E-state index in [9.17, 15) is 9.59 Å². The number of thioether (sulfide) groups is 1. The molecule has 0 saturated carbocycles. The van der Waals surface area contributed by atoms with Gasteiger partial charge in [0.25, 0.3) is 5.91 Å². The summed E-state index contributed by atoms with van der Waals surface area (Å²) in [6.45, 7) is 0.538. The summed E-state index contributed by atoms with van der Waals surface area (Å²) in [5.74, 6) is 0.335. The smallest absolute Gasteiger partial charge is 0.273 e. The van der Waals surface area contributed by atoms with Gasteiger partial charge in [0.2, 0.25) is 11.8 Å². The van der Waals surface area contributed by atoms with E-state index in [2.05, 4.69) is 15.3 Å². The Hall–Kier alpha value is -3.13. The van der Waals surface area contributed by atoms with Crippen molar-refractivity contribution in [2.24, 2.45) is 0 Å². The SMILES string of the molecule is O=C(NCc1cccnc1)c1coc(CN2C(=O)CSc3ccccc32)n1. The highest BCUT2D eigenvalue weighted by molar-refractivity contribution is 8.00. The molecule has 1 aliphatic rings. The quantitative estimate of drug-likeness (QED) is 0.732. The summed E-state index contributed by atoms with van der Waals surface area (Å²) in [7, 11) is 0. The normalized spacial score (nSPS) is 13.3. The second-order valence-corrected chi connectivity index (χ2v) is 6.92. The van der Waals surface area contributed by atoms with Crippen molar-refractivity contribution in [1.82, 2.24) is 15.3 Å². The van der Waals surface area contributed by atoms with Crippen LogP contribution in [-0.4, -0.2) is 27.5 Å². The Kier molecular flexibility index (Phi) is 4.88. The standard InChI is InChI=1S/C19H16N4O3S/c24-18-12-27-16-6-2-1-5-15(16)23(18)10-17-22-14(11-26-17)19(25)21-9-13-4-3-7-20-8-13/h1-8,11H,9-10,12H2,(H,21,25). The highest BCUT2D eigenvalue weighted by atomic mass is 32.2. The summed E-state index contributed by atoms with van der Waals surface area (Å²) in [6, 6.07) is 11.4. The maximum absolute atomic E-state index is 12.3. The number of carbonyl (C=O) groups is 2. The molecule has 2 aromatic heterocycles. The molecule has 0 unspecified atom stereocenters. The van der Waals surface area contributed by atoms with Crippen molar-refractivity contribution < 1.29 is 14.0 Å². The van der Waals surface area contributed by atoms with Gasteiger partial charge in [-0.15, -0.1) is 11.8 Å². The molecule has 7 nitrogen and oxygen atoms in total. The first-order chi connectivity index (χ1) is 13.2. The Bertz CT molecular complexity index is 974. The molecular weight excluding hydrogens is 364 g/mol. The van der Waals surface area contributed by atoms with Crippen molar-refractivity contribution in [2.45, 2.75) is 18.0 Å². The molecule has 1 N–H and O–H groups in total. The molecule has 27 heavy (non-hydrogen) atoms. The van der Waals surface area contributed by atoms with Crippen LogP contribution in [0.25, 0.3) is 0 Å². The molecular formula is C19H16N4O3S. The Morgan fingerprint density at radius 1 is 1.26 bits per heavy atom. The fourth-order valence-corrected chi connectivity index (χ4v) is 3.66. The second kappa shape index (κ2) is 7.63. The van der Waals surface area contributed by atoms with E-state index in [-0.39, 0.29) is 24.1 Å². The highest BCUT2D eigenvalue weighted by Gasteiger charge is 2.26. The van der Waals surface area contributed by atoms with Crippen molar-refractivity contribution in [3.63, 3.8) is 0 Å². The first-order valence-electron chi connectivity index (χ1n) is 8.34. The average molecular weight is 380 g/mol. The fraction of sp³-hybridized carbons (Fsp3) is 0.158. The number of nitrogens with one attached hydrogen (secondary N) is 1. The number of aromatic nitrogens is 2. The van der Waals surface area contributed by atoms with Crippen molar-refractivity contribution in [2.75, 3.05) is 10.7 Å². The molecule has 136 valence electrons. The van der Waals surface area contributed by atoms with Gasteiger partial charge in [0.15, 0.2) is 5.69 Å². The number of hydrogen-bond acceptors (Lipinski definition) is 6. The van der Waals surface area contributed by atoms with Crippen LogP contribution in [-0.2, 0) is 17.9 Å². The largest absolute Gasteiger partial charge is 0.446 e. The van der Waals surface area contributed by atoms with Gasteiger partial charge in [0.1, 0.15) is 12.8 Å². The van der Waals surface area contributed by atoms with Crippen molar-refractivity contribution >= 4 is 29.3 Å². The van der Waals surface area contributed by atoms with Gasteiger partial charge >= 0.3 is 0 Å². The zero-order valence-corrected chi connectivity index (χ0v) is 15.1. The van der Waals surface area contributed by atoms with Gasteiger partial charge in [-0.1, -0.05) is 18.2 Å². The summed E-state index contributed by atoms with van der Waals surface area (Å²) in [6.07, 6.45) is 4.67. The maximum atomic E-state index is 12.3. The number of carbonyl (C=O) groups excluding carboxylic acids is 2. The van der Waals surface area contributed by atoms with E-state index in [0.29, 0.717) is 18.2 Å². The Morgan fingerprint density at radius 2 is 2.15 bits per heavy atom. The number of fused-ring (bicyclic) bond motifs is 1. The monoisotopic (exact) mass is 380 g/mol. The van der Waals surface area contributed by atoms with Gasteiger partial charge in [0, 0.05) is 23.8 Å². The summed E-state index contributed by atoms with van der Waals surface area (Å²) >= 11 is 1.51. The molecule has 1 aromatic carbocycles. The Balaban J connectivity index is 1.44. The third kappa shape index (κ3) is 3.85. The van der Waals surface area contributed by atoms with E-state index >= 15 is 0 Å². The van der Waals surface area contributed by atoms with E-state index in [1.165, 1.54) is 18.0 Å². The van der Waals surface area contributed by atoms with Crippen LogP contribution in [0.4, 0.5) is 5.69 Å². The van der Waals surface area contributed by atoms with Gasteiger partial charge in [-0.2, -0.15) is 0 Å². The summed E-state index contributed by atoms with van der Waals surface area (Å²) in [4.78, 5) is 35.5. The molecule has 8 heteroatoms. The van der Waals surface area contributed by atoms with E-state index < -0.39 is 0 Å². The second-order valence-electron chi connectivity index (χ2n) is 5.91. The summed E-state index contributed by atoms with van der Waals surface area (Å²) in [5.41, 5.74) is 1.91. The number of pyridine rings is 1. The minimum atomic E-state index is -0.338. The zero-order valence-electron chi connectivity index (χ0n) is 14.3. The number of hydrogen-bond donors (Lipinski definition) is 1. The number of benzene rings is 1. The van der Waals surface area contributed by atoms with E-state index in [0.717, 1.165) is 16.1 Å². The number of nitrogens with zero attached hydrogens (tertiary/aromatic N) is 3. The molecule has 3 heterocycles. The van der Waals surface area contributed by atoms with Crippen molar-refractivity contribution in [3.05, 3.63) is 72.2 Å². The number of oxazole rings is 1. The van der Waals surface area contributed by atoms with Crippen LogP contribution >= 0.6 is 11.8 Å². The van der Waals surface area contributed by atoms with Gasteiger partial charge in [-0.3, -0.25) is 14.6 Å². The Morgan fingerprint density at radius 3 is 3.00 bits per heavy atom. The minimum Gasteiger partial charge on any atom is -0.446 e. The van der Waals surface area contributed by atoms with Crippen molar-refractivity contribution in [1.29, 1.82) is 0 Å². The van der Waals surface area contributed by atoms with Gasteiger partial charge in [-0.05, 0) is 23.8 Å². The average Bonchev–Trinajstić information content (AvgIpc) is 3.18. The zero-order chi connectivity index (χ0) is 18.6. The molecule has 0 radical (unpaired) electrons. The number of para-hydroxylation sites is 1. The molecule has 2 amide bonds. The molecule has 0 fully saturated rings. The molecule has 4 rings (SSSR count). The van der Waals surface area contributed by atoms with Crippen LogP contribution in [0.5, 0.6) is 0 Å². The van der Waals surface area contributed by atoms with Crippen LogP contribution in [0.15, 0.2) is 64.4 Å². The lowest BCUT2D eigenvalue weighted by atomic mass is 10.2. The third-order valence-corrected chi connectivity index (χ3v) is 5.11.